The molecule has 0 bridgehead atoms. The Morgan fingerprint density at radius 1 is 1.43 bits per heavy atom. The molecule has 130 valence electrons. The fraction of sp³-hybridized carbons (Fsp3) is 0.800. The maximum atomic E-state index is 12.2. The van der Waals surface area contributed by atoms with Gasteiger partial charge in [0.05, 0.1) is 12.5 Å². The monoisotopic (exact) mass is 327 g/mol. The van der Waals surface area contributed by atoms with Gasteiger partial charge in [-0.3, -0.25) is 9.59 Å². The van der Waals surface area contributed by atoms with E-state index in [9.17, 15) is 14.4 Å². The standard InChI is InChI=1S/C15H25N3O5/c1-3-23-14(20)12-8-11(12)9-18(13(19)10-22-2)7-6-17-5-4-16-15(17)21/h11-12H,3-10H2,1-2H3,(H,16,21)/t11-,12+/m1/s1. The van der Waals surface area contributed by atoms with Crippen LogP contribution in [0.1, 0.15) is 13.3 Å². The van der Waals surface area contributed by atoms with Crippen molar-refractivity contribution in [3.8, 4) is 0 Å². The third-order valence-electron chi connectivity index (χ3n) is 4.17. The highest BCUT2D eigenvalue weighted by molar-refractivity contribution is 5.79. The molecule has 0 spiro atoms. The van der Waals surface area contributed by atoms with Gasteiger partial charge in [0.2, 0.25) is 5.91 Å². The molecular weight excluding hydrogens is 302 g/mol. The summed E-state index contributed by atoms with van der Waals surface area (Å²) in [5.41, 5.74) is 0. The maximum absolute atomic E-state index is 12.2. The first kappa shape index (κ1) is 17.5. The smallest absolute Gasteiger partial charge is 0.317 e. The van der Waals surface area contributed by atoms with Crippen LogP contribution in [0.4, 0.5) is 4.79 Å². The minimum atomic E-state index is -0.185. The summed E-state index contributed by atoms with van der Waals surface area (Å²) in [6, 6.07) is -0.0973. The Morgan fingerprint density at radius 2 is 2.22 bits per heavy atom. The van der Waals surface area contributed by atoms with Gasteiger partial charge in [0, 0.05) is 39.8 Å². The zero-order valence-corrected chi connectivity index (χ0v) is 13.7. The molecule has 8 nitrogen and oxygen atoms in total. The molecule has 1 heterocycles. The van der Waals surface area contributed by atoms with E-state index in [0.717, 1.165) is 6.42 Å². The maximum Gasteiger partial charge on any atom is 0.317 e. The lowest BCUT2D eigenvalue weighted by Crippen LogP contribution is -2.42. The number of hydrogen-bond acceptors (Lipinski definition) is 5. The number of amides is 3. The topological polar surface area (TPSA) is 88.2 Å². The van der Waals surface area contributed by atoms with E-state index in [-0.39, 0.29) is 36.4 Å². The fourth-order valence-corrected chi connectivity index (χ4v) is 2.77. The van der Waals surface area contributed by atoms with Crippen molar-refractivity contribution >= 4 is 17.9 Å². The minimum absolute atomic E-state index is 0.00297. The van der Waals surface area contributed by atoms with Gasteiger partial charge in [-0.2, -0.15) is 0 Å². The third kappa shape index (κ3) is 4.82. The zero-order valence-electron chi connectivity index (χ0n) is 13.7. The highest BCUT2D eigenvalue weighted by Gasteiger charge is 2.45. The van der Waals surface area contributed by atoms with Crippen LogP contribution in [-0.2, 0) is 19.1 Å². The molecule has 23 heavy (non-hydrogen) atoms. The Bertz CT molecular complexity index is 456. The SMILES string of the molecule is CCOC(=O)[C@H]1C[C@@H]1CN(CCN1CCNC1=O)C(=O)COC. The van der Waals surface area contributed by atoms with Crippen molar-refractivity contribution in [1.82, 2.24) is 15.1 Å². The lowest BCUT2D eigenvalue weighted by atomic mass is 10.3. The van der Waals surface area contributed by atoms with Gasteiger partial charge >= 0.3 is 12.0 Å². The number of rotatable bonds is 9. The van der Waals surface area contributed by atoms with Crippen LogP contribution in [0.5, 0.6) is 0 Å². The zero-order chi connectivity index (χ0) is 16.8. The molecule has 0 unspecified atom stereocenters. The first-order valence-corrected chi connectivity index (χ1v) is 8.03. The first-order chi connectivity index (χ1) is 11.1. The second-order valence-electron chi connectivity index (χ2n) is 5.85. The largest absolute Gasteiger partial charge is 0.466 e. The summed E-state index contributed by atoms with van der Waals surface area (Å²) in [7, 11) is 1.47. The van der Waals surface area contributed by atoms with Crippen molar-refractivity contribution < 1.29 is 23.9 Å². The summed E-state index contributed by atoms with van der Waals surface area (Å²) >= 11 is 0. The highest BCUT2D eigenvalue weighted by atomic mass is 16.5. The number of urea groups is 1. The lowest BCUT2D eigenvalue weighted by Gasteiger charge is -2.25. The van der Waals surface area contributed by atoms with E-state index in [0.29, 0.717) is 39.3 Å². The van der Waals surface area contributed by atoms with Gasteiger partial charge in [-0.15, -0.1) is 0 Å². The van der Waals surface area contributed by atoms with Crippen molar-refractivity contribution in [2.24, 2.45) is 11.8 Å². The molecule has 1 saturated carbocycles. The predicted octanol–water partition coefficient (Wildman–Crippen LogP) is -0.314. The van der Waals surface area contributed by atoms with Crippen LogP contribution in [0.15, 0.2) is 0 Å². The average Bonchev–Trinajstić information content (AvgIpc) is 3.18. The van der Waals surface area contributed by atoms with Crippen LogP contribution in [0.25, 0.3) is 0 Å². The van der Waals surface area contributed by atoms with Crippen molar-refractivity contribution in [2.45, 2.75) is 13.3 Å². The average molecular weight is 327 g/mol. The van der Waals surface area contributed by atoms with Gasteiger partial charge in [0.25, 0.3) is 0 Å². The van der Waals surface area contributed by atoms with Crippen LogP contribution in [0, 0.1) is 11.8 Å². The van der Waals surface area contributed by atoms with Gasteiger partial charge < -0.3 is 24.6 Å². The number of nitrogens with zero attached hydrogens (tertiary/aromatic N) is 2. The van der Waals surface area contributed by atoms with Crippen molar-refractivity contribution in [1.29, 1.82) is 0 Å². The van der Waals surface area contributed by atoms with Crippen molar-refractivity contribution in [2.75, 3.05) is 53.0 Å². The fourth-order valence-electron chi connectivity index (χ4n) is 2.77. The molecule has 1 N–H and O–H groups in total. The van der Waals surface area contributed by atoms with Crippen LogP contribution < -0.4 is 5.32 Å². The normalized spacial score (nSPS) is 22.7. The number of ether oxygens (including phenoxy) is 2. The second kappa shape index (κ2) is 8.14. The molecule has 3 amide bonds. The van der Waals surface area contributed by atoms with Gasteiger partial charge in [-0.25, -0.2) is 4.79 Å². The van der Waals surface area contributed by atoms with Gasteiger partial charge in [0.1, 0.15) is 6.61 Å². The molecule has 8 heteroatoms. The molecule has 1 aliphatic carbocycles. The summed E-state index contributed by atoms with van der Waals surface area (Å²) in [4.78, 5) is 38.8. The van der Waals surface area contributed by atoms with Gasteiger partial charge in [-0.05, 0) is 19.3 Å². The number of esters is 1. The Hall–Kier alpha value is -1.83. The van der Waals surface area contributed by atoms with Crippen LogP contribution >= 0.6 is 0 Å². The number of nitrogens with one attached hydrogen (secondary N) is 1. The summed E-state index contributed by atoms with van der Waals surface area (Å²) in [6.07, 6.45) is 0.750. The summed E-state index contributed by atoms with van der Waals surface area (Å²) < 4.78 is 9.93. The summed E-state index contributed by atoms with van der Waals surface area (Å²) in [5.74, 6) is -0.276. The highest BCUT2D eigenvalue weighted by Crippen LogP contribution is 2.40. The summed E-state index contributed by atoms with van der Waals surface area (Å²) in [6.45, 7) is 4.88. The molecule has 2 atom stereocenters. The minimum Gasteiger partial charge on any atom is -0.466 e. The van der Waals surface area contributed by atoms with Crippen molar-refractivity contribution in [3.63, 3.8) is 0 Å². The predicted molar refractivity (Wildman–Crippen MR) is 81.7 cm³/mol. The molecule has 1 saturated heterocycles. The molecule has 1 aliphatic heterocycles. The molecule has 0 aromatic carbocycles. The van der Waals surface area contributed by atoms with E-state index in [1.807, 2.05) is 0 Å². The van der Waals surface area contributed by atoms with E-state index in [4.69, 9.17) is 9.47 Å². The molecule has 2 aliphatic rings. The van der Waals surface area contributed by atoms with E-state index in [1.54, 1.807) is 16.7 Å². The Balaban J connectivity index is 1.84. The third-order valence-corrected chi connectivity index (χ3v) is 4.17. The number of carbonyl (C=O) groups is 3. The van der Waals surface area contributed by atoms with Crippen LogP contribution in [-0.4, -0.2) is 80.8 Å². The van der Waals surface area contributed by atoms with Crippen LogP contribution in [0.2, 0.25) is 0 Å². The van der Waals surface area contributed by atoms with Gasteiger partial charge in [0.15, 0.2) is 0 Å². The Morgan fingerprint density at radius 3 is 2.83 bits per heavy atom. The number of methoxy groups -OCH3 is 1. The van der Waals surface area contributed by atoms with Gasteiger partial charge in [-0.1, -0.05) is 0 Å². The van der Waals surface area contributed by atoms with E-state index in [2.05, 4.69) is 5.32 Å². The molecular formula is C15H25N3O5. The number of hydrogen-bond donors (Lipinski definition) is 1. The molecule has 2 fully saturated rings. The summed E-state index contributed by atoms with van der Waals surface area (Å²) in [5, 5.41) is 2.73. The Kier molecular flexibility index (Phi) is 6.20. The molecule has 2 rings (SSSR count). The molecule has 0 aromatic rings. The van der Waals surface area contributed by atoms with Crippen molar-refractivity contribution in [3.05, 3.63) is 0 Å². The molecule has 0 aromatic heterocycles. The van der Waals surface area contributed by atoms with E-state index < -0.39 is 0 Å². The Labute approximate surface area is 136 Å². The number of carbonyl (C=O) groups excluding carboxylic acids is 3. The molecule has 0 radical (unpaired) electrons. The second-order valence-corrected chi connectivity index (χ2v) is 5.85. The lowest BCUT2D eigenvalue weighted by molar-refractivity contribution is -0.145. The van der Waals surface area contributed by atoms with E-state index in [1.165, 1.54) is 7.11 Å². The van der Waals surface area contributed by atoms with Crippen LogP contribution in [0.3, 0.4) is 0 Å². The first-order valence-electron chi connectivity index (χ1n) is 8.03. The van der Waals surface area contributed by atoms with E-state index >= 15 is 0 Å². The quantitative estimate of drug-likeness (QED) is 0.587.